The van der Waals surface area contributed by atoms with Gasteiger partial charge in [0.05, 0.1) is 0 Å². The Morgan fingerprint density at radius 2 is 2.11 bits per heavy atom. The fourth-order valence-corrected chi connectivity index (χ4v) is 1.44. The van der Waals surface area contributed by atoms with Gasteiger partial charge in [-0.1, -0.05) is 0 Å². The quantitative estimate of drug-likeness (QED) is 0.848. The lowest BCUT2D eigenvalue weighted by Crippen LogP contribution is -2.28. The number of nitrogens with one attached hydrogen (secondary N) is 1. The first-order valence-corrected chi connectivity index (χ1v) is 5.81. The Labute approximate surface area is 109 Å². The van der Waals surface area contributed by atoms with Gasteiger partial charge in [0, 0.05) is 6.07 Å². The lowest BCUT2D eigenvalue weighted by molar-refractivity contribution is 0.0634. The molecule has 1 aliphatic heterocycles. The van der Waals surface area contributed by atoms with Gasteiger partial charge in [0.15, 0.2) is 17.4 Å². The SMILES string of the molecule is CC(C)(C)OC(=O)Nc1nc2c(cc1F)OCCO2. The summed E-state index contributed by atoms with van der Waals surface area (Å²) in [6.07, 6.45) is -0.782. The molecule has 0 radical (unpaired) electrons. The van der Waals surface area contributed by atoms with Gasteiger partial charge in [0.25, 0.3) is 5.88 Å². The number of ether oxygens (including phenoxy) is 3. The van der Waals surface area contributed by atoms with Crippen LogP contribution in [-0.4, -0.2) is 29.9 Å². The van der Waals surface area contributed by atoms with Crippen molar-refractivity contribution in [3.05, 3.63) is 11.9 Å². The standard InChI is InChI=1S/C12H15FN2O4/c1-12(2,3)19-11(16)15-9-7(13)6-8-10(14-9)18-5-4-17-8/h6H,4-5H2,1-3H3,(H,14,15,16). The van der Waals surface area contributed by atoms with Gasteiger partial charge in [-0.25, -0.2) is 9.18 Å². The first-order valence-electron chi connectivity index (χ1n) is 5.81. The zero-order valence-electron chi connectivity index (χ0n) is 10.9. The van der Waals surface area contributed by atoms with Crippen LogP contribution >= 0.6 is 0 Å². The van der Waals surface area contributed by atoms with Crippen molar-refractivity contribution in [1.82, 2.24) is 4.98 Å². The van der Waals surface area contributed by atoms with Gasteiger partial charge in [-0.2, -0.15) is 4.98 Å². The molecule has 1 N–H and O–H groups in total. The Bertz CT molecular complexity index is 499. The molecule has 1 aliphatic rings. The number of halogens is 1. The molecule has 7 heteroatoms. The molecule has 19 heavy (non-hydrogen) atoms. The van der Waals surface area contributed by atoms with Gasteiger partial charge in [-0.15, -0.1) is 0 Å². The summed E-state index contributed by atoms with van der Waals surface area (Å²) in [7, 11) is 0. The van der Waals surface area contributed by atoms with Crippen molar-refractivity contribution in [2.75, 3.05) is 18.5 Å². The van der Waals surface area contributed by atoms with Gasteiger partial charge < -0.3 is 14.2 Å². The number of carbonyl (C=O) groups is 1. The molecular formula is C12H15FN2O4. The van der Waals surface area contributed by atoms with Crippen LogP contribution < -0.4 is 14.8 Å². The highest BCUT2D eigenvalue weighted by atomic mass is 19.1. The van der Waals surface area contributed by atoms with Gasteiger partial charge in [-0.05, 0) is 20.8 Å². The van der Waals surface area contributed by atoms with E-state index < -0.39 is 17.5 Å². The van der Waals surface area contributed by atoms with E-state index in [2.05, 4.69) is 10.3 Å². The minimum atomic E-state index is -0.782. The van der Waals surface area contributed by atoms with E-state index in [1.807, 2.05) is 0 Å². The van der Waals surface area contributed by atoms with Crippen LogP contribution in [0, 0.1) is 5.82 Å². The summed E-state index contributed by atoms with van der Waals surface area (Å²) < 4.78 is 29.1. The first-order chi connectivity index (χ1) is 8.85. The third-order valence-corrected chi connectivity index (χ3v) is 2.11. The average molecular weight is 270 g/mol. The molecule has 0 atom stereocenters. The second-order valence-electron chi connectivity index (χ2n) is 4.95. The number of fused-ring (bicyclic) bond motifs is 1. The third kappa shape index (κ3) is 3.46. The summed E-state index contributed by atoms with van der Waals surface area (Å²) in [6, 6.07) is 1.12. The lowest BCUT2D eigenvalue weighted by atomic mass is 10.2. The first kappa shape index (κ1) is 13.4. The molecule has 2 rings (SSSR count). The topological polar surface area (TPSA) is 69.7 Å². The van der Waals surface area contributed by atoms with E-state index >= 15 is 0 Å². The molecule has 0 spiro atoms. The highest BCUT2D eigenvalue weighted by Gasteiger charge is 2.21. The summed E-state index contributed by atoms with van der Waals surface area (Å²) in [5.74, 6) is -0.592. The zero-order valence-corrected chi connectivity index (χ0v) is 10.9. The van der Waals surface area contributed by atoms with Crippen molar-refractivity contribution >= 4 is 11.9 Å². The average Bonchev–Trinajstić information content (AvgIpc) is 2.27. The fraction of sp³-hybridized carbons (Fsp3) is 0.500. The van der Waals surface area contributed by atoms with Gasteiger partial charge in [0.1, 0.15) is 18.8 Å². The number of carbonyl (C=O) groups excluding carboxylic acids is 1. The summed E-state index contributed by atoms with van der Waals surface area (Å²) in [6.45, 7) is 5.80. The molecule has 6 nitrogen and oxygen atoms in total. The highest BCUT2D eigenvalue weighted by Crippen LogP contribution is 2.31. The van der Waals surface area contributed by atoms with Crippen LogP contribution in [0.2, 0.25) is 0 Å². The summed E-state index contributed by atoms with van der Waals surface area (Å²) in [5, 5.41) is 2.23. The van der Waals surface area contributed by atoms with Crippen LogP contribution in [0.25, 0.3) is 0 Å². The molecule has 1 aromatic rings. The molecule has 0 saturated heterocycles. The van der Waals surface area contributed by atoms with Crippen molar-refractivity contribution in [2.45, 2.75) is 26.4 Å². The fourth-order valence-electron chi connectivity index (χ4n) is 1.44. The van der Waals surface area contributed by atoms with Crippen LogP contribution in [0.3, 0.4) is 0 Å². The molecule has 0 bridgehead atoms. The van der Waals surface area contributed by atoms with Crippen LogP contribution in [0.1, 0.15) is 20.8 Å². The van der Waals surface area contributed by atoms with E-state index in [0.717, 1.165) is 6.07 Å². The van der Waals surface area contributed by atoms with E-state index in [-0.39, 0.29) is 17.4 Å². The van der Waals surface area contributed by atoms with Crippen molar-refractivity contribution < 1.29 is 23.4 Å². The number of anilines is 1. The number of pyridine rings is 1. The van der Waals surface area contributed by atoms with E-state index in [4.69, 9.17) is 14.2 Å². The maximum absolute atomic E-state index is 13.7. The Morgan fingerprint density at radius 3 is 2.79 bits per heavy atom. The Hall–Kier alpha value is -2.05. The third-order valence-electron chi connectivity index (χ3n) is 2.11. The molecule has 1 aromatic heterocycles. The van der Waals surface area contributed by atoms with Gasteiger partial charge in [-0.3, -0.25) is 5.32 Å². The number of rotatable bonds is 1. The highest BCUT2D eigenvalue weighted by molar-refractivity contribution is 5.84. The lowest BCUT2D eigenvalue weighted by Gasteiger charge is -2.21. The van der Waals surface area contributed by atoms with Gasteiger partial charge >= 0.3 is 6.09 Å². The molecule has 2 heterocycles. The zero-order chi connectivity index (χ0) is 14.0. The van der Waals surface area contributed by atoms with Crippen LogP contribution in [0.5, 0.6) is 11.6 Å². The maximum atomic E-state index is 13.7. The molecule has 104 valence electrons. The predicted molar refractivity (Wildman–Crippen MR) is 65.0 cm³/mol. The predicted octanol–water partition coefficient (Wildman–Crippen LogP) is 2.34. The number of amides is 1. The summed E-state index contributed by atoms with van der Waals surface area (Å²) >= 11 is 0. The molecule has 0 unspecified atom stereocenters. The number of hydrogen-bond donors (Lipinski definition) is 1. The normalized spacial score (nSPS) is 13.9. The van der Waals surface area contributed by atoms with E-state index in [1.165, 1.54) is 0 Å². The van der Waals surface area contributed by atoms with Crippen molar-refractivity contribution in [1.29, 1.82) is 0 Å². The van der Waals surface area contributed by atoms with Crippen LogP contribution in [-0.2, 0) is 4.74 Å². The molecule has 0 fully saturated rings. The summed E-state index contributed by atoms with van der Waals surface area (Å²) in [5.41, 5.74) is -0.672. The number of hydrogen-bond acceptors (Lipinski definition) is 5. The molecule has 0 aliphatic carbocycles. The Kier molecular flexibility index (Phi) is 3.46. The van der Waals surface area contributed by atoms with Crippen LogP contribution in [0.15, 0.2) is 6.07 Å². The second-order valence-corrected chi connectivity index (χ2v) is 4.95. The number of aromatic nitrogens is 1. The monoisotopic (exact) mass is 270 g/mol. The minimum absolute atomic E-state index is 0.152. The van der Waals surface area contributed by atoms with Crippen molar-refractivity contribution in [2.24, 2.45) is 0 Å². The molecule has 1 amide bonds. The smallest absolute Gasteiger partial charge is 0.413 e. The minimum Gasteiger partial charge on any atom is -0.484 e. The van der Waals surface area contributed by atoms with Crippen molar-refractivity contribution in [3.63, 3.8) is 0 Å². The summed E-state index contributed by atoms with van der Waals surface area (Å²) in [4.78, 5) is 15.4. The van der Waals surface area contributed by atoms with Gasteiger partial charge in [0.2, 0.25) is 0 Å². The van der Waals surface area contributed by atoms with Crippen molar-refractivity contribution in [3.8, 4) is 11.6 Å². The van der Waals surface area contributed by atoms with E-state index in [1.54, 1.807) is 20.8 Å². The largest absolute Gasteiger partial charge is 0.484 e. The Morgan fingerprint density at radius 1 is 1.42 bits per heavy atom. The maximum Gasteiger partial charge on any atom is 0.413 e. The Balaban J connectivity index is 2.14. The number of nitrogens with zero attached hydrogens (tertiary/aromatic N) is 1. The second kappa shape index (κ2) is 4.91. The van der Waals surface area contributed by atoms with Crippen LogP contribution in [0.4, 0.5) is 15.0 Å². The van der Waals surface area contributed by atoms with E-state index in [9.17, 15) is 9.18 Å². The van der Waals surface area contributed by atoms with E-state index in [0.29, 0.717) is 13.2 Å². The molecule has 0 aromatic carbocycles. The molecule has 0 saturated carbocycles. The molecular weight excluding hydrogens is 255 g/mol.